The molecule has 0 unspecified atom stereocenters. The Morgan fingerprint density at radius 3 is 2.49 bits per heavy atom. The number of amides is 2. The highest BCUT2D eigenvalue weighted by Crippen LogP contribution is 2.19. The molecule has 1 aromatic heterocycles. The Balaban J connectivity index is 1.33. The predicted molar refractivity (Wildman–Crippen MR) is 141 cm³/mol. The van der Waals surface area contributed by atoms with Crippen LogP contribution in [0.15, 0.2) is 78.9 Å². The number of benzene rings is 3. The summed E-state index contributed by atoms with van der Waals surface area (Å²) in [6, 6.07) is 25.2. The van der Waals surface area contributed by atoms with E-state index >= 15 is 0 Å². The van der Waals surface area contributed by atoms with Crippen LogP contribution >= 0.6 is 0 Å². The molecule has 4 aromatic rings. The lowest BCUT2D eigenvalue weighted by Gasteiger charge is -2.18. The molecule has 0 atom stereocenters. The van der Waals surface area contributed by atoms with Gasteiger partial charge in [0.1, 0.15) is 12.4 Å². The fraction of sp³-hybridized carbons (Fsp3) is 0.276. The molecular formula is C29H32N4O2. The van der Waals surface area contributed by atoms with Crippen LogP contribution in [-0.4, -0.2) is 35.0 Å². The average molecular weight is 469 g/mol. The quantitative estimate of drug-likeness (QED) is 0.327. The molecule has 0 saturated heterocycles. The normalized spacial score (nSPS) is 10.9. The number of likely N-dealkylation sites (N-methyl/N-ethyl adjacent to an activating group) is 1. The Bertz CT molecular complexity index is 1300. The van der Waals surface area contributed by atoms with Crippen LogP contribution in [-0.2, 0) is 17.8 Å². The van der Waals surface area contributed by atoms with Crippen molar-refractivity contribution in [3.8, 4) is 0 Å². The van der Waals surface area contributed by atoms with Crippen molar-refractivity contribution in [2.24, 2.45) is 0 Å². The predicted octanol–water partition coefficient (Wildman–Crippen LogP) is 5.15. The van der Waals surface area contributed by atoms with Crippen molar-refractivity contribution in [2.45, 2.75) is 39.2 Å². The van der Waals surface area contributed by atoms with Gasteiger partial charge in [0.15, 0.2) is 0 Å². The van der Waals surface area contributed by atoms with E-state index in [1.54, 1.807) is 4.90 Å². The number of nitrogens with zero attached hydrogens (tertiary/aromatic N) is 3. The van der Waals surface area contributed by atoms with E-state index in [-0.39, 0.29) is 18.4 Å². The number of para-hydroxylation sites is 3. The fourth-order valence-corrected chi connectivity index (χ4v) is 4.20. The van der Waals surface area contributed by atoms with Crippen LogP contribution in [0.3, 0.4) is 0 Å². The highest BCUT2D eigenvalue weighted by Gasteiger charge is 2.17. The molecule has 0 bridgehead atoms. The van der Waals surface area contributed by atoms with Crippen LogP contribution in [0.25, 0.3) is 11.0 Å². The van der Waals surface area contributed by atoms with E-state index in [2.05, 4.69) is 5.32 Å². The lowest BCUT2D eigenvalue weighted by atomic mass is 10.1. The van der Waals surface area contributed by atoms with Crippen LogP contribution in [0.1, 0.15) is 41.0 Å². The number of nitrogens with one attached hydrogen (secondary N) is 1. The average Bonchev–Trinajstić information content (AvgIpc) is 3.23. The number of unbranched alkanes of at least 4 members (excludes halogenated alkanes) is 2. The molecule has 0 radical (unpaired) electrons. The molecule has 180 valence electrons. The van der Waals surface area contributed by atoms with E-state index in [0.717, 1.165) is 53.8 Å². The number of carbonyl (C=O) groups excluding carboxylic acids is 2. The number of fused-ring (bicyclic) bond motifs is 1. The summed E-state index contributed by atoms with van der Waals surface area (Å²) >= 11 is 0. The minimum absolute atomic E-state index is 0.0134. The summed E-state index contributed by atoms with van der Waals surface area (Å²) in [5, 5.41) is 3.00. The number of aryl methyl sites for hydroxylation is 2. The third kappa shape index (κ3) is 6.15. The number of hydrogen-bond acceptors (Lipinski definition) is 3. The van der Waals surface area contributed by atoms with Crippen molar-refractivity contribution in [1.29, 1.82) is 0 Å². The fourth-order valence-electron chi connectivity index (χ4n) is 4.20. The van der Waals surface area contributed by atoms with Gasteiger partial charge in [-0.3, -0.25) is 9.59 Å². The lowest BCUT2D eigenvalue weighted by molar-refractivity contribution is -0.118. The zero-order chi connectivity index (χ0) is 24.6. The molecule has 0 spiro atoms. The molecule has 0 aliphatic heterocycles. The third-order valence-electron chi connectivity index (χ3n) is 6.19. The summed E-state index contributed by atoms with van der Waals surface area (Å²) in [5.74, 6) is 0.904. The van der Waals surface area contributed by atoms with Crippen LogP contribution < -0.4 is 10.2 Å². The van der Waals surface area contributed by atoms with Gasteiger partial charge in [0.05, 0.1) is 11.0 Å². The summed E-state index contributed by atoms with van der Waals surface area (Å²) in [6.45, 7) is 2.87. The van der Waals surface area contributed by atoms with Gasteiger partial charge in [-0.15, -0.1) is 0 Å². The van der Waals surface area contributed by atoms with Gasteiger partial charge in [0.25, 0.3) is 5.91 Å². The first-order valence-electron chi connectivity index (χ1n) is 12.1. The van der Waals surface area contributed by atoms with Gasteiger partial charge < -0.3 is 14.8 Å². The van der Waals surface area contributed by atoms with Gasteiger partial charge in [-0.05, 0) is 56.2 Å². The summed E-state index contributed by atoms with van der Waals surface area (Å²) in [4.78, 5) is 31.9. The monoisotopic (exact) mass is 468 g/mol. The molecule has 6 heteroatoms. The second kappa shape index (κ2) is 11.5. The maximum atomic E-state index is 13.1. The molecular weight excluding hydrogens is 436 g/mol. The first-order chi connectivity index (χ1) is 17.0. The van der Waals surface area contributed by atoms with Crippen molar-refractivity contribution in [3.63, 3.8) is 0 Å². The van der Waals surface area contributed by atoms with Gasteiger partial charge in [-0.1, -0.05) is 54.4 Å². The SMILES string of the molecule is Cc1cccc(C(=O)NCCCCCc2nc3ccccc3n2CC(=O)N(C)c2ccccc2)c1. The zero-order valence-corrected chi connectivity index (χ0v) is 20.4. The van der Waals surface area contributed by atoms with Crippen molar-refractivity contribution in [2.75, 3.05) is 18.5 Å². The highest BCUT2D eigenvalue weighted by atomic mass is 16.2. The van der Waals surface area contributed by atoms with Gasteiger partial charge >= 0.3 is 0 Å². The Labute approximate surface area is 206 Å². The third-order valence-corrected chi connectivity index (χ3v) is 6.19. The first kappa shape index (κ1) is 24.2. The molecule has 6 nitrogen and oxygen atoms in total. The largest absolute Gasteiger partial charge is 0.352 e. The second-order valence-electron chi connectivity index (χ2n) is 8.83. The molecule has 0 aliphatic rings. The Morgan fingerprint density at radius 2 is 1.69 bits per heavy atom. The molecule has 4 rings (SSSR count). The maximum Gasteiger partial charge on any atom is 0.251 e. The van der Waals surface area contributed by atoms with Crippen molar-refractivity contribution in [1.82, 2.24) is 14.9 Å². The molecule has 0 saturated carbocycles. The molecule has 2 amide bonds. The van der Waals surface area contributed by atoms with E-state index in [1.165, 1.54) is 0 Å². The van der Waals surface area contributed by atoms with E-state index in [4.69, 9.17) is 4.98 Å². The minimum atomic E-state index is -0.0310. The van der Waals surface area contributed by atoms with Crippen molar-refractivity contribution in [3.05, 3.63) is 95.8 Å². The van der Waals surface area contributed by atoms with E-state index in [0.29, 0.717) is 12.1 Å². The summed E-state index contributed by atoms with van der Waals surface area (Å²) in [7, 11) is 1.81. The van der Waals surface area contributed by atoms with Crippen LogP contribution in [0, 0.1) is 6.92 Å². The van der Waals surface area contributed by atoms with Gasteiger partial charge in [0.2, 0.25) is 5.91 Å². The van der Waals surface area contributed by atoms with E-state index in [9.17, 15) is 9.59 Å². The molecule has 1 N–H and O–H groups in total. The van der Waals surface area contributed by atoms with Crippen molar-refractivity contribution < 1.29 is 9.59 Å². The van der Waals surface area contributed by atoms with Crippen LogP contribution in [0.5, 0.6) is 0 Å². The van der Waals surface area contributed by atoms with Crippen LogP contribution in [0.4, 0.5) is 5.69 Å². The van der Waals surface area contributed by atoms with Gasteiger partial charge in [-0.25, -0.2) is 4.98 Å². The molecule has 1 heterocycles. The van der Waals surface area contributed by atoms with Crippen molar-refractivity contribution >= 4 is 28.5 Å². The minimum Gasteiger partial charge on any atom is -0.352 e. The number of hydrogen-bond donors (Lipinski definition) is 1. The molecule has 3 aromatic carbocycles. The standard InChI is InChI=1S/C29H32N4O2/c1-22-12-11-13-23(20-22)29(35)30-19-10-4-7-18-27-31-25-16-8-9-17-26(25)33(27)21-28(34)32(2)24-14-5-3-6-15-24/h3,5-6,8-9,11-17,20H,4,7,10,18-19,21H2,1-2H3,(H,30,35). The van der Waals surface area contributed by atoms with E-state index < -0.39 is 0 Å². The topological polar surface area (TPSA) is 67.2 Å². The number of carbonyl (C=O) groups is 2. The first-order valence-corrected chi connectivity index (χ1v) is 12.1. The van der Waals surface area contributed by atoms with Gasteiger partial charge in [0, 0.05) is 31.3 Å². The number of imidazole rings is 1. The highest BCUT2D eigenvalue weighted by molar-refractivity contribution is 5.94. The Morgan fingerprint density at radius 1 is 0.914 bits per heavy atom. The smallest absolute Gasteiger partial charge is 0.251 e. The molecule has 0 aliphatic carbocycles. The second-order valence-corrected chi connectivity index (χ2v) is 8.83. The number of aromatic nitrogens is 2. The molecule has 35 heavy (non-hydrogen) atoms. The summed E-state index contributed by atoms with van der Waals surface area (Å²) in [6.07, 6.45) is 3.58. The lowest BCUT2D eigenvalue weighted by Crippen LogP contribution is -2.30. The summed E-state index contributed by atoms with van der Waals surface area (Å²) in [5.41, 5.74) is 4.53. The Kier molecular flexibility index (Phi) is 7.93. The number of rotatable bonds is 10. The van der Waals surface area contributed by atoms with E-state index in [1.807, 2.05) is 97.4 Å². The zero-order valence-electron chi connectivity index (χ0n) is 20.4. The molecule has 0 fully saturated rings. The number of anilines is 1. The van der Waals surface area contributed by atoms with Gasteiger partial charge in [-0.2, -0.15) is 0 Å². The Hall–Kier alpha value is -3.93. The summed E-state index contributed by atoms with van der Waals surface area (Å²) < 4.78 is 2.04. The van der Waals surface area contributed by atoms with Crippen LogP contribution in [0.2, 0.25) is 0 Å². The maximum absolute atomic E-state index is 13.1.